The Labute approximate surface area is 229 Å². The Morgan fingerprint density at radius 3 is 2.44 bits per heavy atom. The molecule has 0 spiro atoms. The summed E-state index contributed by atoms with van der Waals surface area (Å²) in [4.78, 5) is 11.4. The number of hydrogen-bond acceptors (Lipinski definition) is 5. The molecule has 3 aromatic carbocycles. The third-order valence-corrected chi connectivity index (χ3v) is 7.49. The van der Waals surface area contributed by atoms with Crippen LogP contribution in [-0.4, -0.2) is 37.0 Å². The highest BCUT2D eigenvalue weighted by Gasteiger charge is 2.34. The average Bonchev–Trinajstić information content (AvgIpc) is 3.77. The second-order valence-corrected chi connectivity index (χ2v) is 10.9. The minimum atomic E-state index is -0.795. The Kier molecular flexibility index (Phi) is 8.93. The largest absolute Gasteiger partial charge is 0.497 e. The Balaban J connectivity index is 1.66. The van der Waals surface area contributed by atoms with E-state index in [-0.39, 0.29) is 31.4 Å². The molecular weight excluding hydrogens is 499 g/mol. The van der Waals surface area contributed by atoms with Gasteiger partial charge in [-0.2, -0.15) is 0 Å². The van der Waals surface area contributed by atoms with Crippen LogP contribution in [0.1, 0.15) is 61.8 Å². The van der Waals surface area contributed by atoms with Crippen LogP contribution in [0.25, 0.3) is 11.1 Å². The van der Waals surface area contributed by atoms with Gasteiger partial charge in [0.1, 0.15) is 23.9 Å². The molecule has 1 aliphatic carbocycles. The number of aliphatic hydroxyl groups excluding tert-OH is 1. The van der Waals surface area contributed by atoms with Gasteiger partial charge in [-0.1, -0.05) is 38.1 Å². The van der Waals surface area contributed by atoms with Gasteiger partial charge in [0.25, 0.3) is 0 Å². The summed E-state index contributed by atoms with van der Waals surface area (Å²) in [5.41, 5.74) is 2.94. The van der Waals surface area contributed by atoms with E-state index in [9.17, 15) is 15.0 Å². The lowest BCUT2D eigenvalue weighted by atomic mass is 9.80. The molecule has 4 rings (SSSR count). The molecule has 0 bridgehead atoms. The molecule has 2 atom stereocenters. The summed E-state index contributed by atoms with van der Waals surface area (Å²) in [6, 6.07) is 17.9. The molecule has 7 heteroatoms. The molecule has 3 aromatic rings. The van der Waals surface area contributed by atoms with E-state index >= 15 is 4.39 Å². The Morgan fingerprint density at radius 2 is 1.79 bits per heavy atom. The molecule has 1 aliphatic rings. The highest BCUT2D eigenvalue weighted by atomic mass is 19.1. The van der Waals surface area contributed by atoms with Crippen molar-refractivity contribution in [2.45, 2.75) is 51.7 Å². The fraction of sp³-hybridized carbons (Fsp3) is 0.406. The molecule has 208 valence electrons. The van der Waals surface area contributed by atoms with Crippen molar-refractivity contribution in [1.82, 2.24) is 0 Å². The van der Waals surface area contributed by atoms with Gasteiger partial charge in [0.2, 0.25) is 0 Å². The van der Waals surface area contributed by atoms with Gasteiger partial charge in [-0.15, -0.1) is 0 Å². The predicted molar refractivity (Wildman–Crippen MR) is 147 cm³/mol. The maximum absolute atomic E-state index is 15.0. The second kappa shape index (κ2) is 12.2. The highest BCUT2D eigenvalue weighted by molar-refractivity contribution is 5.71. The van der Waals surface area contributed by atoms with Crippen LogP contribution < -0.4 is 9.47 Å². The van der Waals surface area contributed by atoms with E-state index in [4.69, 9.17) is 14.2 Å². The third-order valence-electron chi connectivity index (χ3n) is 7.49. The summed E-state index contributed by atoms with van der Waals surface area (Å²) in [5.74, 6) is 0.402. The van der Waals surface area contributed by atoms with Gasteiger partial charge >= 0.3 is 5.97 Å². The number of halogens is 1. The Morgan fingerprint density at radius 1 is 1.03 bits per heavy atom. The zero-order valence-electron chi connectivity index (χ0n) is 22.9. The standard InChI is InChI=1S/C32H37FO6/c1-32(2,19-34)31(38-4)28-14-20(8-12-25(28)27-16-23(37-3)11-13-29(27)33)18-39-24-7-5-6-22(15-24)26(17-30(35)36)21-9-10-21/h5-8,11-16,21,26,31,34H,9-10,17-19H2,1-4H3,(H,35,36). The van der Waals surface area contributed by atoms with Gasteiger partial charge in [-0.05, 0) is 83.3 Å². The minimum Gasteiger partial charge on any atom is -0.497 e. The van der Waals surface area contributed by atoms with Crippen molar-refractivity contribution in [2.75, 3.05) is 20.8 Å². The van der Waals surface area contributed by atoms with Crippen molar-refractivity contribution in [1.29, 1.82) is 0 Å². The maximum Gasteiger partial charge on any atom is 0.303 e. The number of methoxy groups -OCH3 is 2. The van der Waals surface area contributed by atoms with Crippen LogP contribution in [0.15, 0.2) is 60.7 Å². The SMILES string of the molecule is COc1ccc(F)c(-c2ccc(COc3cccc(C(CC(=O)O)C4CC4)c3)cc2C(OC)C(C)(C)CO)c1. The summed E-state index contributed by atoms with van der Waals surface area (Å²) < 4.78 is 32.4. The normalized spacial score (nSPS) is 15.0. The Hall–Kier alpha value is -3.42. The van der Waals surface area contributed by atoms with Crippen molar-refractivity contribution in [3.8, 4) is 22.6 Å². The van der Waals surface area contributed by atoms with E-state index in [1.54, 1.807) is 19.2 Å². The van der Waals surface area contributed by atoms with Crippen LogP contribution >= 0.6 is 0 Å². The van der Waals surface area contributed by atoms with Crippen LogP contribution in [0.4, 0.5) is 4.39 Å². The van der Waals surface area contributed by atoms with Crippen molar-refractivity contribution in [3.63, 3.8) is 0 Å². The summed E-state index contributed by atoms with van der Waals surface area (Å²) in [6.45, 7) is 3.92. The molecule has 0 saturated heterocycles. The average molecular weight is 537 g/mol. The lowest BCUT2D eigenvalue weighted by molar-refractivity contribution is -0.137. The topological polar surface area (TPSA) is 85.2 Å². The first kappa shape index (κ1) is 28.6. The van der Waals surface area contributed by atoms with Crippen LogP contribution in [0.3, 0.4) is 0 Å². The first-order valence-electron chi connectivity index (χ1n) is 13.2. The lowest BCUT2D eigenvalue weighted by Crippen LogP contribution is -2.28. The maximum atomic E-state index is 15.0. The number of rotatable bonds is 13. The molecular formula is C32H37FO6. The van der Waals surface area contributed by atoms with Gasteiger partial charge in [0.05, 0.1) is 26.2 Å². The molecule has 2 N–H and O–H groups in total. The minimum absolute atomic E-state index is 0.0159. The molecule has 2 unspecified atom stereocenters. The fourth-order valence-corrected chi connectivity index (χ4v) is 5.20. The molecule has 1 saturated carbocycles. The molecule has 0 aliphatic heterocycles. The number of benzene rings is 3. The number of ether oxygens (including phenoxy) is 3. The summed E-state index contributed by atoms with van der Waals surface area (Å²) in [5, 5.41) is 19.5. The van der Waals surface area contributed by atoms with E-state index in [2.05, 4.69) is 0 Å². The summed E-state index contributed by atoms with van der Waals surface area (Å²) in [7, 11) is 3.12. The molecule has 0 radical (unpaired) electrons. The first-order valence-corrected chi connectivity index (χ1v) is 13.2. The molecule has 0 heterocycles. The number of aliphatic carboxylic acids is 1. The summed E-state index contributed by atoms with van der Waals surface area (Å²) >= 11 is 0. The van der Waals surface area contributed by atoms with Crippen LogP contribution in [0, 0.1) is 17.2 Å². The number of carbonyl (C=O) groups is 1. The number of carboxylic acids is 1. The molecule has 0 amide bonds. The van der Waals surface area contributed by atoms with Crippen LogP contribution in [0.2, 0.25) is 0 Å². The van der Waals surface area contributed by atoms with Crippen molar-refractivity contribution < 1.29 is 33.6 Å². The molecule has 6 nitrogen and oxygen atoms in total. The number of carboxylic acid groups (broad SMARTS) is 1. The van der Waals surface area contributed by atoms with Crippen molar-refractivity contribution in [2.24, 2.45) is 11.3 Å². The molecule has 0 aromatic heterocycles. The van der Waals surface area contributed by atoms with Gasteiger partial charge in [0.15, 0.2) is 0 Å². The quantitative estimate of drug-likeness (QED) is 0.251. The Bertz CT molecular complexity index is 1300. The van der Waals surface area contributed by atoms with Gasteiger partial charge in [0, 0.05) is 18.1 Å². The monoisotopic (exact) mass is 536 g/mol. The first-order chi connectivity index (χ1) is 18.7. The van der Waals surface area contributed by atoms with E-state index in [1.165, 1.54) is 13.2 Å². The smallest absolute Gasteiger partial charge is 0.303 e. The highest BCUT2D eigenvalue weighted by Crippen LogP contribution is 2.45. The van der Waals surface area contributed by atoms with Crippen LogP contribution in [-0.2, 0) is 16.1 Å². The van der Waals surface area contributed by atoms with E-state index in [0.717, 1.165) is 29.5 Å². The zero-order valence-corrected chi connectivity index (χ0v) is 22.9. The van der Waals surface area contributed by atoms with Gasteiger partial charge in [-0.3, -0.25) is 4.79 Å². The summed E-state index contributed by atoms with van der Waals surface area (Å²) in [6.07, 6.45) is 1.69. The van der Waals surface area contributed by atoms with E-state index in [0.29, 0.717) is 28.5 Å². The van der Waals surface area contributed by atoms with Crippen molar-refractivity contribution in [3.05, 3.63) is 83.2 Å². The number of aliphatic hydroxyl groups is 1. The van der Waals surface area contributed by atoms with E-state index in [1.807, 2.05) is 56.3 Å². The molecule has 1 fully saturated rings. The number of hydrogen-bond donors (Lipinski definition) is 2. The third kappa shape index (κ3) is 6.78. The van der Waals surface area contributed by atoms with Gasteiger partial charge < -0.3 is 24.4 Å². The predicted octanol–water partition coefficient (Wildman–Crippen LogP) is 6.75. The lowest BCUT2D eigenvalue weighted by Gasteiger charge is -2.33. The molecule has 39 heavy (non-hydrogen) atoms. The van der Waals surface area contributed by atoms with Crippen LogP contribution in [0.5, 0.6) is 11.5 Å². The van der Waals surface area contributed by atoms with E-state index < -0.39 is 17.5 Å². The van der Waals surface area contributed by atoms with Gasteiger partial charge in [-0.25, -0.2) is 4.39 Å². The fourth-order valence-electron chi connectivity index (χ4n) is 5.20. The zero-order chi connectivity index (χ0) is 28.2. The second-order valence-electron chi connectivity index (χ2n) is 10.9. The van der Waals surface area contributed by atoms with Crippen molar-refractivity contribution >= 4 is 5.97 Å².